The first-order chi connectivity index (χ1) is 9.25. The van der Waals surface area contributed by atoms with E-state index in [1.807, 2.05) is 6.20 Å². The molecule has 3 nitrogen and oxygen atoms in total. The minimum Gasteiger partial charge on any atom is -0.314 e. The van der Waals surface area contributed by atoms with Crippen LogP contribution >= 0.6 is 15.9 Å². The number of hydrogen-bond donors (Lipinski definition) is 1. The number of aromatic nitrogens is 2. The van der Waals surface area contributed by atoms with Gasteiger partial charge in [0.25, 0.3) is 0 Å². The SMILES string of the molecule is Cn1ncc(Br)c1C1CCCCCC1CNC1CC1. The molecule has 1 aromatic rings. The molecule has 4 heteroatoms. The molecule has 0 bridgehead atoms. The van der Waals surface area contributed by atoms with Crippen molar-refractivity contribution in [2.45, 2.75) is 56.9 Å². The first kappa shape index (κ1) is 13.6. The second-order valence-electron chi connectivity index (χ2n) is 6.19. The molecule has 3 rings (SSSR count). The standard InChI is InChI=1S/C15H24BrN3/c1-19-15(14(16)10-18-19)13-6-4-2-3-5-11(13)9-17-12-7-8-12/h10-13,17H,2-9H2,1H3. The number of nitrogens with zero attached hydrogens (tertiary/aromatic N) is 2. The first-order valence-electron chi connectivity index (χ1n) is 7.66. The highest BCUT2D eigenvalue weighted by molar-refractivity contribution is 9.10. The normalized spacial score (nSPS) is 28.3. The average Bonchev–Trinajstić information content (AvgIpc) is 3.18. The predicted molar refractivity (Wildman–Crippen MR) is 81.2 cm³/mol. The number of hydrogen-bond acceptors (Lipinski definition) is 2. The van der Waals surface area contributed by atoms with Crippen molar-refractivity contribution >= 4 is 15.9 Å². The zero-order valence-corrected chi connectivity index (χ0v) is 13.3. The zero-order chi connectivity index (χ0) is 13.2. The van der Waals surface area contributed by atoms with Gasteiger partial charge in [-0.05, 0) is 54.1 Å². The number of aryl methyl sites for hydroxylation is 1. The van der Waals surface area contributed by atoms with Gasteiger partial charge in [-0.2, -0.15) is 5.10 Å². The summed E-state index contributed by atoms with van der Waals surface area (Å²) in [6.07, 6.45) is 11.5. The molecular formula is C15H24BrN3. The summed E-state index contributed by atoms with van der Waals surface area (Å²) in [6, 6.07) is 0.818. The minimum atomic E-state index is 0.663. The smallest absolute Gasteiger partial charge is 0.0635 e. The molecule has 2 atom stereocenters. The van der Waals surface area contributed by atoms with Crippen LogP contribution in [0.2, 0.25) is 0 Å². The zero-order valence-electron chi connectivity index (χ0n) is 11.7. The van der Waals surface area contributed by atoms with Gasteiger partial charge >= 0.3 is 0 Å². The van der Waals surface area contributed by atoms with Crippen LogP contribution in [-0.4, -0.2) is 22.4 Å². The van der Waals surface area contributed by atoms with E-state index in [0.29, 0.717) is 5.92 Å². The van der Waals surface area contributed by atoms with Gasteiger partial charge in [0.15, 0.2) is 0 Å². The van der Waals surface area contributed by atoms with Crippen LogP contribution in [0.3, 0.4) is 0 Å². The van der Waals surface area contributed by atoms with E-state index < -0.39 is 0 Å². The maximum atomic E-state index is 4.41. The van der Waals surface area contributed by atoms with E-state index in [0.717, 1.165) is 12.0 Å². The van der Waals surface area contributed by atoms with Crippen LogP contribution in [0.15, 0.2) is 10.7 Å². The Kier molecular flexibility index (Phi) is 4.27. The van der Waals surface area contributed by atoms with Crippen molar-refractivity contribution in [3.8, 4) is 0 Å². The Morgan fingerprint density at radius 1 is 1.26 bits per heavy atom. The van der Waals surface area contributed by atoms with E-state index >= 15 is 0 Å². The highest BCUT2D eigenvalue weighted by Gasteiger charge is 2.30. The molecule has 1 N–H and O–H groups in total. The molecule has 0 spiro atoms. The molecule has 0 radical (unpaired) electrons. The molecule has 19 heavy (non-hydrogen) atoms. The van der Waals surface area contributed by atoms with E-state index in [1.54, 1.807) is 0 Å². The molecule has 0 aromatic carbocycles. The maximum absolute atomic E-state index is 4.41. The molecule has 2 fully saturated rings. The molecule has 1 heterocycles. The van der Waals surface area contributed by atoms with Crippen molar-refractivity contribution in [3.63, 3.8) is 0 Å². The molecular weight excluding hydrogens is 302 g/mol. The summed E-state index contributed by atoms with van der Waals surface area (Å²) >= 11 is 3.69. The van der Waals surface area contributed by atoms with Gasteiger partial charge in [0.1, 0.15) is 0 Å². The fourth-order valence-electron chi connectivity index (χ4n) is 3.43. The van der Waals surface area contributed by atoms with E-state index in [2.05, 4.69) is 38.1 Å². The van der Waals surface area contributed by atoms with Crippen LogP contribution in [-0.2, 0) is 7.05 Å². The Morgan fingerprint density at radius 3 is 2.74 bits per heavy atom. The summed E-state index contributed by atoms with van der Waals surface area (Å²) in [4.78, 5) is 0. The van der Waals surface area contributed by atoms with Gasteiger partial charge in [-0.25, -0.2) is 0 Å². The van der Waals surface area contributed by atoms with E-state index in [9.17, 15) is 0 Å². The molecule has 106 valence electrons. The van der Waals surface area contributed by atoms with Gasteiger partial charge in [-0.15, -0.1) is 0 Å². The van der Waals surface area contributed by atoms with Crippen LogP contribution < -0.4 is 5.32 Å². The molecule has 1 aromatic heterocycles. The van der Waals surface area contributed by atoms with Gasteiger partial charge in [0.05, 0.1) is 16.4 Å². The van der Waals surface area contributed by atoms with E-state index in [4.69, 9.17) is 0 Å². The third-order valence-corrected chi connectivity index (χ3v) is 5.30. The lowest BCUT2D eigenvalue weighted by Crippen LogP contribution is -2.29. The average molecular weight is 326 g/mol. The van der Waals surface area contributed by atoms with Gasteiger partial charge in [0.2, 0.25) is 0 Å². The van der Waals surface area contributed by atoms with Crippen molar-refractivity contribution in [3.05, 3.63) is 16.4 Å². The number of rotatable bonds is 4. The highest BCUT2D eigenvalue weighted by atomic mass is 79.9. The lowest BCUT2D eigenvalue weighted by molar-refractivity contribution is 0.359. The van der Waals surface area contributed by atoms with Crippen molar-refractivity contribution in [1.82, 2.24) is 15.1 Å². The van der Waals surface area contributed by atoms with Crippen molar-refractivity contribution < 1.29 is 0 Å². The Bertz CT molecular complexity index is 406. The monoisotopic (exact) mass is 325 g/mol. The Morgan fingerprint density at radius 2 is 2.05 bits per heavy atom. The third kappa shape index (κ3) is 3.22. The van der Waals surface area contributed by atoms with E-state index in [1.165, 1.54) is 61.7 Å². The van der Waals surface area contributed by atoms with Crippen LogP contribution in [0.1, 0.15) is 56.6 Å². The molecule has 2 aliphatic carbocycles. The summed E-state index contributed by atoms with van der Waals surface area (Å²) < 4.78 is 3.27. The summed E-state index contributed by atoms with van der Waals surface area (Å²) in [5.74, 6) is 1.44. The van der Waals surface area contributed by atoms with Gasteiger partial charge in [-0.3, -0.25) is 4.68 Å². The molecule has 2 aliphatic rings. The number of halogens is 1. The quantitative estimate of drug-likeness (QED) is 0.857. The minimum absolute atomic E-state index is 0.663. The molecule has 0 aliphatic heterocycles. The van der Waals surface area contributed by atoms with E-state index in [-0.39, 0.29) is 0 Å². The second kappa shape index (κ2) is 5.96. The van der Waals surface area contributed by atoms with Crippen molar-refractivity contribution in [2.24, 2.45) is 13.0 Å². The molecule has 2 saturated carbocycles. The maximum Gasteiger partial charge on any atom is 0.0635 e. The first-order valence-corrected chi connectivity index (χ1v) is 8.46. The predicted octanol–water partition coefficient (Wildman–Crippen LogP) is 3.60. The summed E-state index contributed by atoms with van der Waals surface area (Å²) in [5.41, 5.74) is 1.41. The third-order valence-electron chi connectivity index (χ3n) is 4.69. The molecule has 0 saturated heterocycles. The Balaban J connectivity index is 1.76. The highest BCUT2D eigenvalue weighted by Crippen LogP contribution is 2.39. The summed E-state index contributed by atoms with van der Waals surface area (Å²) in [7, 11) is 2.08. The molecule has 2 unspecified atom stereocenters. The van der Waals surface area contributed by atoms with Crippen molar-refractivity contribution in [1.29, 1.82) is 0 Å². The van der Waals surface area contributed by atoms with Gasteiger partial charge in [0, 0.05) is 19.0 Å². The second-order valence-corrected chi connectivity index (χ2v) is 7.04. The lowest BCUT2D eigenvalue weighted by atomic mass is 9.85. The lowest BCUT2D eigenvalue weighted by Gasteiger charge is -2.26. The fourth-order valence-corrected chi connectivity index (χ4v) is 4.07. The summed E-state index contributed by atoms with van der Waals surface area (Å²) in [5, 5.41) is 8.15. The number of nitrogens with one attached hydrogen (secondary N) is 1. The largest absolute Gasteiger partial charge is 0.314 e. The van der Waals surface area contributed by atoms with Gasteiger partial charge < -0.3 is 5.32 Å². The van der Waals surface area contributed by atoms with Crippen LogP contribution in [0.5, 0.6) is 0 Å². The van der Waals surface area contributed by atoms with Gasteiger partial charge in [-0.1, -0.05) is 19.3 Å². The van der Waals surface area contributed by atoms with Crippen molar-refractivity contribution in [2.75, 3.05) is 6.54 Å². The van der Waals surface area contributed by atoms with Crippen LogP contribution in [0.25, 0.3) is 0 Å². The van der Waals surface area contributed by atoms with Crippen LogP contribution in [0.4, 0.5) is 0 Å². The topological polar surface area (TPSA) is 29.9 Å². The Labute approximate surface area is 124 Å². The van der Waals surface area contributed by atoms with Crippen LogP contribution in [0, 0.1) is 5.92 Å². The Hall–Kier alpha value is -0.350. The summed E-state index contributed by atoms with van der Waals surface area (Å²) in [6.45, 7) is 1.19. The fraction of sp³-hybridized carbons (Fsp3) is 0.800. The molecule has 0 amide bonds.